The molecule has 8 nitrogen and oxygen atoms in total. The zero-order chi connectivity index (χ0) is 19.6. The predicted octanol–water partition coefficient (Wildman–Crippen LogP) is -1.72. The Morgan fingerprint density at radius 2 is 1.93 bits per heavy atom. The van der Waals surface area contributed by atoms with Crippen LogP contribution in [0.2, 0.25) is 0 Å². The largest absolute Gasteiger partial charge is 0.497 e. The fourth-order valence-electron chi connectivity index (χ4n) is 3.91. The summed E-state index contributed by atoms with van der Waals surface area (Å²) in [6.07, 6.45) is 1.40. The lowest BCUT2D eigenvalue weighted by Crippen LogP contribution is -3.11. The van der Waals surface area contributed by atoms with Crippen LogP contribution in [-0.4, -0.2) is 70.5 Å². The molecule has 148 valence electrons. The molecular formula is C19H30N4O4+2. The number of methoxy groups -OCH3 is 2. The maximum Gasteiger partial charge on any atom is 0.329 e. The maximum atomic E-state index is 13.0. The van der Waals surface area contributed by atoms with E-state index in [4.69, 9.17) is 9.47 Å². The Kier molecular flexibility index (Phi) is 5.57. The van der Waals surface area contributed by atoms with E-state index in [0.717, 1.165) is 35.1 Å². The second-order valence-corrected chi connectivity index (χ2v) is 7.67. The molecule has 2 aliphatic heterocycles. The molecule has 1 aromatic rings. The number of ether oxygens (including phenoxy) is 2. The molecule has 0 bridgehead atoms. The van der Waals surface area contributed by atoms with Crippen molar-refractivity contribution in [3.63, 3.8) is 0 Å². The van der Waals surface area contributed by atoms with Gasteiger partial charge in [-0.05, 0) is 12.1 Å². The number of amides is 3. The molecule has 0 radical (unpaired) electrons. The van der Waals surface area contributed by atoms with Gasteiger partial charge in [0.15, 0.2) is 6.67 Å². The van der Waals surface area contributed by atoms with Crippen molar-refractivity contribution in [2.45, 2.75) is 24.9 Å². The predicted molar refractivity (Wildman–Crippen MR) is 99.0 cm³/mol. The standard InChI is InChI=1S/C19H28N4O4/c1-21-9-7-19(8-10-21)17(24)23(18(25)20-19)13-22(2)12-14-5-6-15(26-3)11-16(14)27-4/h5-6,11H,7-10,12-13H2,1-4H3,(H,20,25)/p+2. The molecule has 2 fully saturated rings. The number of benzene rings is 1. The molecule has 0 saturated carbocycles. The number of carbonyl (C=O) groups excluding carboxylic acids is 2. The smallest absolute Gasteiger partial charge is 0.329 e. The van der Waals surface area contributed by atoms with E-state index in [2.05, 4.69) is 12.4 Å². The van der Waals surface area contributed by atoms with Crippen molar-refractivity contribution in [2.75, 3.05) is 48.1 Å². The van der Waals surface area contributed by atoms with Gasteiger partial charge < -0.3 is 24.6 Å². The first-order chi connectivity index (χ1) is 12.9. The second-order valence-electron chi connectivity index (χ2n) is 7.67. The Hall–Kier alpha value is -2.32. The highest BCUT2D eigenvalue weighted by molar-refractivity contribution is 6.06. The highest BCUT2D eigenvalue weighted by atomic mass is 16.5. The monoisotopic (exact) mass is 378 g/mol. The number of likely N-dealkylation sites (tertiary alicyclic amines) is 1. The van der Waals surface area contributed by atoms with E-state index in [0.29, 0.717) is 26.1 Å². The molecule has 2 heterocycles. The molecule has 1 atom stereocenters. The van der Waals surface area contributed by atoms with E-state index in [-0.39, 0.29) is 11.9 Å². The van der Waals surface area contributed by atoms with Crippen molar-refractivity contribution in [3.8, 4) is 11.5 Å². The number of hydrogen-bond acceptors (Lipinski definition) is 4. The highest BCUT2D eigenvalue weighted by Gasteiger charge is 2.53. The van der Waals surface area contributed by atoms with Gasteiger partial charge in [-0.15, -0.1) is 0 Å². The third-order valence-corrected chi connectivity index (χ3v) is 5.62. The topological polar surface area (TPSA) is 76.8 Å². The minimum atomic E-state index is -0.700. The number of piperidine rings is 1. The van der Waals surface area contributed by atoms with Crippen molar-refractivity contribution >= 4 is 11.9 Å². The number of urea groups is 1. The minimum Gasteiger partial charge on any atom is -0.497 e. The molecule has 1 unspecified atom stereocenters. The first kappa shape index (κ1) is 19.4. The summed E-state index contributed by atoms with van der Waals surface area (Å²) >= 11 is 0. The van der Waals surface area contributed by atoms with Gasteiger partial charge in [0.1, 0.15) is 23.6 Å². The van der Waals surface area contributed by atoms with Crippen LogP contribution in [0.5, 0.6) is 11.5 Å². The summed E-state index contributed by atoms with van der Waals surface area (Å²) in [5.41, 5.74) is 0.301. The van der Waals surface area contributed by atoms with Crippen LogP contribution < -0.4 is 24.6 Å². The van der Waals surface area contributed by atoms with E-state index >= 15 is 0 Å². The summed E-state index contributed by atoms with van der Waals surface area (Å²) in [5.74, 6) is 1.38. The normalized spacial score (nSPS) is 26.2. The van der Waals surface area contributed by atoms with E-state index < -0.39 is 5.54 Å². The maximum absolute atomic E-state index is 13.0. The zero-order valence-corrected chi connectivity index (χ0v) is 16.6. The number of hydrogen-bond donors (Lipinski definition) is 3. The minimum absolute atomic E-state index is 0.0824. The molecule has 0 aromatic heterocycles. The molecule has 8 heteroatoms. The molecule has 0 aliphatic carbocycles. The first-order valence-electron chi connectivity index (χ1n) is 9.36. The summed E-state index contributed by atoms with van der Waals surface area (Å²) in [6, 6.07) is 5.40. The second kappa shape index (κ2) is 7.74. The van der Waals surface area contributed by atoms with Crippen molar-refractivity contribution < 1.29 is 28.9 Å². The Balaban J connectivity index is 1.67. The van der Waals surface area contributed by atoms with Crippen LogP contribution >= 0.6 is 0 Å². The first-order valence-corrected chi connectivity index (χ1v) is 9.36. The Bertz CT molecular complexity index is 716. The van der Waals surface area contributed by atoms with E-state index in [1.54, 1.807) is 14.2 Å². The number of imide groups is 1. The van der Waals surface area contributed by atoms with Gasteiger partial charge in [0.25, 0.3) is 5.91 Å². The van der Waals surface area contributed by atoms with Crippen LogP contribution in [0, 0.1) is 0 Å². The average Bonchev–Trinajstić information content (AvgIpc) is 2.89. The van der Waals surface area contributed by atoms with E-state index in [9.17, 15) is 9.59 Å². The van der Waals surface area contributed by atoms with Crippen LogP contribution in [0.4, 0.5) is 4.79 Å². The summed E-state index contributed by atoms with van der Waals surface area (Å²) in [6.45, 7) is 2.74. The van der Waals surface area contributed by atoms with Crippen LogP contribution in [0.15, 0.2) is 18.2 Å². The van der Waals surface area contributed by atoms with Gasteiger partial charge in [-0.25, -0.2) is 9.69 Å². The van der Waals surface area contributed by atoms with Crippen LogP contribution in [0.25, 0.3) is 0 Å². The van der Waals surface area contributed by atoms with Gasteiger partial charge in [-0.2, -0.15) is 0 Å². The molecule has 3 rings (SSSR count). The zero-order valence-electron chi connectivity index (χ0n) is 16.6. The molecule has 2 saturated heterocycles. The molecule has 1 spiro atoms. The molecule has 27 heavy (non-hydrogen) atoms. The summed E-state index contributed by atoms with van der Waals surface area (Å²) in [7, 11) is 7.32. The summed E-state index contributed by atoms with van der Waals surface area (Å²) < 4.78 is 10.7. The van der Waals surface area contributed by atoms with Gasteiger partial charge >= 0.3 is 6.03 Å². The van der Waals surface area contributed by atoms with Gasteiger partial charge in [0.2, 0.25) is 0 Å². The number of quaternary nitrogens is 2. The van der Waals surface area contributed by atoms with Crippen molar-refractivity contribution in [1.82, 2.24) is 10.2 Å². The number of nitrogens with one attached hydrogen (secondary N) is 3. The fourth-order valence-corrected chi connectivity index (χ4v) is 3.91. The lowest BCUT2D eigenvalue weighted by atomic mass is 9.88. The lowest BCUT2D eigenvalue weighted by Gasteiger charge is -2.33. The quantitative estimate of drug-likeness (QED) is 0.515. The summed E-state index contributed by atoms with van der Waals surface area (Å²) in [5, 5.41) is 2.97. The van der Waals surface area contributed by atoms with Crippen molar-refractivity contribution in [1.29, 1.82) is 0 Å². The molecule has 3 amide bonds. The Morgan fingerprint density at radius 3 is 2.56 bits per heavy atom. The van der Waals surface area contributed by atoms with E-state index in [1.807, 2.05) is 25.2 Å². The molecule has 1 aromatic carbocycles. The number of carbonyl (C=O) groups is 2. The SMILES string of the molecule is COc1ccc(C[NH+](C)CN2C(=O)NC3(CC[NH+](C)CC3)C2=O)c(OC)c1. The van der Waals surface area contributed by atoms with Crippen LogP contribution in [-0.2, 0) is 11.3 Å². The third kappa shape index (κ3) is 3.86. The van der Waals surface area contributed by atoms with Gasteiger partial charge in [-0.3, -0.25) is 4.79 Å². The molecular weight excluding hydrogens is 348 g/mol. The lowest BCUT2D eigenvalue weighted by molar-refractivity contribution is -0.901. The third-order valence-electron chi connectivity index (χ3n) is 5.62. The number of rotatable bonds is 6. The average molecular weight is 378 g/mol. The molecule has 2 aliphatic rings. The van der Waals surface area contributed by atoms with Gasteiger partial charge in [0, 0.05) is 24.5 Å². The van der Waals surface area contributed by atoms with Crippen LogP contribution in [0.1, 0.15) is 18.4 Å². The van der Waals surface area contributed by atoms with Crippen LogP contribution in [0.3, 0.4) is 0 Å². The van der Waals surface area contributed by atoms with Crippen molar-refractivity contribution in [2.24, 2.45) is 0 Å². The molecule has 3 N–H and O–H groups in total. The highest BCUT2D eigenvalue weighted by Crippen LogP contribution is 2.26. The van der Waals surface area contributed by atoms with Crippen molar-refractivity contribution in [3.05, 3.63) is 23.8 Å². The van der Waals surface area contributed by atoms with E-state index in [1.165, 1.54) is 9.80 Å². The summed E-state index contributed by atoms with van der Waals surface area (Å²) in [4.78, 5) is 29.2. The Labute approximate surface area is 160 Å². The number of nitrogens with zero attached hydrogens (tertiary/aromatic N) is 1. The fraction of sp³-hybridized carbons (Fsp3) is 0.579. The van der Waals surface area contributed by atoms with Gasteiger partial charge in [-0.1, -0.05) is 0 Å². The Morgan fingerprint density at radius 1 is 1.22 bits per heavy atom. The van der Waals surface area contributed by atoms with Gasteiger partial charge in [0.05, 0.1) is 41.4 Å².